The maximum absolute atomic E-state index is 13.4. The predicted molar refractivity (Wildman–Crippen MR) is 47.2 cm³/mol. The second kappa shape index (κ2) is 4.25. The van der Waals surface area contributed by atoms with Crippen LogP contribution < -0.4 is 5.14 Å². The number of alkyl halides is 2. The summed E-state index contributed by atoms with van der Waals surface area (Å²) in [5.41, 5.74) is -2.81. The summed E-state index contributed by atoms with van der Waals surface area (Å²) in [6.07, 6.45) is -3.23. The second-order valence-electron chi connectivity index (χ2n) is 2.77. The lowest BCUT2D eigenvalue weighted by molar-refractivity contribution is -0.388. The van der Waals surface area contributed by atoms with Crippen LogP contribution in [-0.4, -0.2) is 18.3 Å². The normalized spacial score (nSPS) is 11.8. The summed E-state index contributed by atoms with van der Waals surface area (Å²) in [5, 5.41) is 14.8. The Morgan fingerprint density at radius 1 is 1.47 bits per heavy atom. The standard InChI is InChI=1S/C6H4F3N3O4S/c7-3-2(12(13)14)1-11-4(6(8)9)5(3)17(10,15)16/h1,6H,(H2,10,15,16). The van der Waals surface area contributed by atoms with Crippen molar-refractivity contribution in [2.24, 2.45) is 5.14 Å². The highest BCUT2D eigenvalue weighted by Crippen LogP contribution is 2.30. The van der Waals surface area contributed by atoms with Crippen molar-refractivity contribution in [1.29, 1.82) is 0 Å². The molecule has 7 nitrogen and oxygen atoms in total. The molecule has 0 radical (unpaired) electrons. The Balaban J connectivity index is 3.72. The number of aromatic nitrogens is 1. The van der Waals surface area contributed by atoms with E-state index in [2.05, 4.69) is 10.1 Å². The maximum Gasteiger partial charge on any atom is 0.324 e. The first kappa shape index (κ1) is 13.3. The Hall–Kier alpha value is -1.75. The Kier molecular flexibility index (Phi) is 3.33. The van der Waals surface area contributed by atoms with E-state index in [1.54, 1.807) is 0 Å². The van der Waals surface area contributed by atoms with Crippen LogP contribution in [0.15, 0.2) is 11.1 Å². The van der Waals surface area contributed by atoms with E-state index in [9.17, 15) is 31.7 Å². The van der Waals surface area contributed by atoms with Gasteiger partial charge in [0.1, 0.15) is 11.9 Å². The summed E-state index contributed by atoms with van der Waals surface area (Å²) in [6, 6.07) is 0. The smallest absolute Gasteiger partial charge is 0.258 e. The molecule has 1 heterocycles. The number of halogens is 3. The van der Waals surface area contributed by atoms with Gasteiger partial charge in [-0.25, -0.2) is 27.3 Å². The zero-order valence-electron chi connectivity index (χ0n) is 7.80. The molecule has 0 amide bonds. The molecule has 0 atom stereocenters. The summed E-state index contributed by atoms with van der Waals surface area (Å²) in [6.45, 7) is 0. The number of nitro groups is 1. The molecule has 0 unspecified atom stereocenters. The SMILES string of the molecule is NS(=O)(=O)c1c(C(F)F)ncc([N+](=O)[O-])c1F. The zero-order valence-corrected chi connectivity index (χ0v) is 8.62. The van der Waals surface area contributed by atoms with Crippen LogP contribution in [0.4, 0.5) is 18.9 Å². The van der Waals surface area contributed by atoms with Gasteiger partial charge in [-0.15, -0.1) is 0 Å². The molecule has 0 saturated heterocycles. The molecular formula is C6H4F3N3O4S. The summed E-state index contributed by atoms with van der Waals surface area (Å²) >= 11 is 0. The van der Waals surface area contributed by atoms with Gasteiger partial charge in [0.15, 0.2) is 4.90 Å². The van der Waals surface area contributed by atoms with Gasteiger partial charge in [-0.2, -0.15) is 4.39 Å². The number of nitrogens with zero attached hydrogens (tertiary/aromatic N) is 2. The molecule has 94 valence electrons. The molecular weight excluding hydrogens is 267 g/mol. The van der Waals surface area contributed by atoms with E-state index >= 15 is 0 Å². The van der Waals surface area contributed by atoms with E-state index in [0.717, 1.165) is 0 Å². The number of hydrogen-bond donors (Lipinski definition) is 1. The molecule has 2 N–H and O–H groups in total. The van der Waals surface area contributed by atoms with Crippen LogP contribution in [0, 0.1) is 15.9 Å². The molecule has 1 aromatic rings. The summed E-state index contributed by atoms with van der Waals surface area (Å²) in [5.74, 6) is -1.96. The van der Waals surface area contributed by atoms with Crippen LogP contribution in [0.5, 0.6) is 0 Å². The highest BCUT2D eigenvalue weighted by molar-refractivity contribution is 7.89. The van der Waals surface area contributed by atoms with Gasteiger partial charge < -0.3 is 0 Å². The molecule has 0 aliphatic rings. The topological polar surface area (TPSA) is 116 Å². The lowest BCUT2D eigenvalue weighted by atomic mass is 10.3. The Bertz CT molecular complexity index is 574. The third-order valence-corrected chi connectivity index (χ3v) is 2.63. The highest BCUT2D eigenvalue weighted by Gasteiger charge is 2.32. The lowest BCUT2D eigenvalue weighted by Crippen LogP contribution is -2.18. The van der Waals surface area contributed by atoms with Gasteiger partial charge in [0.05, 0.1) is 4.92 Å². The molecule has 0 fully saturated rings. The minimum Gasteiger partial charge on any atom is -0.258 e. The third-order valence-electron chi connectivity index (χ3n) is 1.67. The largest absolute Gasteiger partial charge is 0.324 e. The first-order chi connectivity index (χ1) is 7.66. The molecule has 1 rings (SSSR count). The van der Waals surface area contributed by atoms with Gasteiger partial charge in [0.2, 0.25) is 15.8 Å². The fourth-order valence-corrected chi connectivity index (χ4v) is 1.82. The first-order valence-corrected chi connectivity index (χ1v) is 5.34. The van der Waals surface area contributed by atoms with E-state index in [1.807, 2.05) is 0 Å². The molecule has 0 aromatic carbocycles. The van der Waals surface area contributed by atoms with Gasteiger partial charge in [-0.3, -0.25) is 10.1 Å². The number of hydrogen-bond acceptors (Lipinski definition) is 5. The van der Waals surface area contributed by atoms with Crippen LogP contribution in [0.25, 0.3) is 0 Å². The molecule has 0 bridgehead atoms. The van der Waals surface area contributed by atoms with Crippen molar-refractivity contribution in [2.45, 2.75) is 11.3 Å². The van der Waals surface area contributed by atoms with Gasteiger partial charge in [-0.05, 0) is 0 Å². The first-order valence-electron chi connectivity index (χ1n) is 3.80. The number of nitrogens with two attached hydrogens (primary N) is 1. The van der Waals surface area contributed by atoms with Gasteiger partial charge in [-0.1, -0.05) is 0 Å². The van der Waals surface area contributed by atoms with Crippen molar-refractivity contribution < 1.29 is 26.5 Å². The number of pyridine rings is 1. The Morgan fingerprint density at radius 2 is 2.00 bits per heavy atom. The minimum atomic E-state index is -4.89. The maximum atomic E-state index is 13.4. The average molecular weight is 271 g/mol. The summed E-state index contributed by atoms with van der Waals surface area (Å²) in [7, 11) is -4.89. The monoisotopic (exact) mass is 271 g/mol. The van der Waals surface area contributed by atoms with Crippen LogP contribution >= 0.6 is 0 Å². The van der Waals surface area contributed by atoms with E-state index in [4.69, 9.17) is 0 Å². The van der Waals surface area contributed by atoms with E-state index in [1.165, 1.54) is 0 Å². The van der Waals surface area contributed by atoms with Crippen molar-refractivity contribution in [3.05, 3.63) is 27.8 Å². The second-order valence-corrected chi connectivity index (χ2v) is 4.27. The van der Waals surface area contributed by atoms with Crippen molar-refractivity contribution >= 4 is 15.7 Å². The van der Waals surface area contributed by atoms with E-state index in [0.29, 0.717) is 0 Å². The zero-order chi connectivity index (χ0) is 13.4. The fourth-order valence-electron chi connectivity index (χ4n) is 1.03. The van der Waals surface area contributed by atoms with Crippen LogP contribution in [0.2, 0.25) is 0 Å². The Morgan fingerprint density at radius 3 is 2.35 bits per heavy atom. The number of rotatable bonds is 3. The molecule has 0 saturated carbocycles. The van der Waals surface area contributed by atoms with E-state index in [-0.39, 0.29) is 6.20 Å². The summed E-state index contributed by atoms with van der Waals surface area (Å²) < 4.78 is 59.9. The number of sulfonamides is 1. The van der Waals surface area contributed by atoms with Gasteiger partial charge in [0, 0.05) is 0 Å². The molecule has 0 aliphatic heterocycles. The van der Waals surface area contributed by atoms with Crippen LogP contribution in [0.3, 0.4) is 0 Å². The lowest BCUT2D eigenvalue weighted by Gasteiger charge is -2.06. The predicted octanol–water partition coefficient (Wildman–Crippen LogP) is 0.714. The van der Waals surface area contributed by atoms with Crippen molar-refractivity contribution in [3.63, 3.8) is 0 Å². The van der Waals surface area contributed by atoms with Crippen molar-refractivity contribution in [2.75, 3.05) is 0 Å². The average Bonchev–Trinajstić information content (AvgIpc) is 2.14. The molecule has 17 heavy (non-hydrogen) atoms. The Labute approximate surface area is 92.3 Å². The molecule has 11 heteroatoms. The van der Waals surface area contributed by atoms with Gasteiger partial charge in [0.25, 0.3) is 6.43 Å². The third kappa shape index (κ3) is 2.50. The van der Waals surface area contributed by atoms with Crippen LogP contribution in [0.1, 0.15) is 12.1 Å². The number of primary sulfonamides is 1. The van der Waals surface area contributed by atoms with Gasteiger partial charge >= 0.3 is 5.69 Å². The summed E-state index contributed by atoms with van der Waals surface area (Å²) in [4.78, 5) is 10.2. The van der Waals surface area contributed by atoms with Crippen LogP contribution in [-0.2, 0) is 10.0 Å². The van der Waals surface area contributed by atoms with Crippen molar-refractivity contribution in [3.8, 4) is 0 Å². The minimum absolute atomic E-state index is 0.200. The molecule has 0 spiro atoms. The highest BCUT2D eigenvalue weighted by atomic mass is 32.2. The van der Waals surface area contributed by atoms with E-state index < -0.39 is 43.5 Å². The molecule has 0 aliphatic carbocycles. The quantitative estimate of drug-likeness (QED) is 0.642. The van der Waals surface area contributed by atoms with Crippen molar-refractivity contribution in [1.82, 2.24) is 4.98 Å². The molecule has 1 aromatic heterocycles. The fraction of sp³-hybridized carbons (Fsp3) is 0.167.